The molecule has 2 rings (SSSR count). The molecule has 0 aromatic rings. The Kier molecular flexibility index (Phi) is 1.72. The average molecular weight is 208 g/mol. The highest BCUT2D eigenvalue weighted by molar-refractivity contribution is 6.43. The van der Waals surface area contributed by atoms with Gasteiger partial charge in [-0.15, -0.1) is 0 Å². The van der Waals surface area contributed by atoms with E-state index in [1.165, 1.54) is 0 Å². The lowest BCUT2D eigenvalue weighted by Crippen LogP contribution is -2.46. The average Bonchev–Trinajstić information content (AvgIpc) is 2.60. The van der Waals surface area contributed by atoms with Crippen LogP contribution >= 0.6 is 0 Å². The van der Waals surface area contributed by atoms with Gasteiger partial charge in [0.15, 0.2) is 5.84 Å². The SMILES string of the molecule is O=C(O)C1=NC2=NC=NC2(C(=O)O)C=N1. The summed E-state index contributed by atoms with van der Waals surface area (Å²) in [7, 11) is 0. The van der Waals surface area contributed by atoms with E-state index >= 15 is 0 Å². The number of rotatable bonds is 2. The minimum atomic E-state index is -1.75. The standard InChI is InChI=1S/C7H4N4O4/c12-4(13)3-8-1-7(6(14)15)5(11-3)9-2-10-7/h1-2H,(H,12,13)(H,14,15). The topological polar surface area (TPSA) is 124 Å². The molecule has 0 amide bonds. The van der Waals surface area contributed by atoms with Crippen LogP contribution in [0.15, 0.2) is 20.0 Å². The molecular formula is C7H4N4O4. The van der Waals surface area contributed by atoms with Crippen molar-refractivity contribution < 1.29 is 19.8 Å². The number of fused-ring (bicyclic) bond motifs is 1. The molecular weight excluding hydrogens is 204 g/mol. The van der Waals surface area contributed by atoms with Crippen molar-refractivity contribution in [1.82, 2.24) is 0 Å². The number of hydrogen-bond donors (Lipinski definition) is 2. The van der Waals surface area contributed by atoms with E-state index in [0.29, 0.717) is 0 Å². The van der Waals surface area contributed by atoms with Gasteiger partial charge < -0.3 is 10.2 Å². The molecule has 8 nitrogen and oxygen atoms in total. The van der Waals surface area contributed by atoms with Crippen molar-refractivity contribution in [1.29, 1.82) is 0 Å². The van der Waals surface area contributed by atoms with Crippen LogP contribution in [0.25, 0.3) is 0 Å². The number of carboxylic acids is 2. The second-order valence-electron chi connectivity index (χ2n) is 2.77. The molecule has 0 aromatic heterocycles. The number of aliphatic imine (C=N–C) groups is 4. The predicted octanol–water partition coefficient (Wildman–Crippen LogP) is -1.18. The molecule has 2 aliphatic rings. The molecule has 0 saturated carbocycles. The van der Waals surface area contributed by atoms with Crippen molar-refractivity contribution in [2.24, 2.45) is 20.0 Å². The number of amidine groups is 2. The molecule has 76 valence electrons. The van der Waals surface area contributed by atoms with Crippen LogP contribution in [0.2, 0.25) is 0 Å². The number of aliphatic carboxylic acids is 2. The lowest BCUT2D eigenvalue weighted by atomic mass is 10.0. The number of carbonyl (C=O) groups is 2. The summed E-state index contributed by atoms with van der Waals surface area (Å²) in [5.74, 6) is -3.34. The second kappa shape index (κ2) is 2.80. The number of nitrogens with zero attached hydrogens (tertiary/aromatic N) is 4. The molecule has 2 aliphatic heterocycles. The molecule has 0 bridgehead atoms. The Morgan fingerprint density at radius 2 is 2.07 bits per heavy atom. The molecule has 2 heterocycles. The van der Waals surface area contributed by atoms with Crippen molar-refractivity contribution >= 4 is 36.2 Å². The Bertz CT molecular complexity index is 475. The first-order valence-electron chi connectivity index (χ1n) is 3.79. The van der Waals surface area contributed by atoms with E-state index in [-0.39, 0.29) is 5.84 Å². The quantitative estimate of drug-likeness (QED) is 0.592. The predicted molar refractivity (Wildman–Crippen MR) is 49.9 cm³/mol. The van der Waals surface area contributed by atoms with Crippen LogP contribution in [0.4, 0.5) is 0 Å². The number of carboxylic acid groups (broad SMARTS) is 2. The van der Waals surface area contributed by atoms with Gasteiger partial charge in [0.2, 0.25) is 5.84 Å². The van der Waals surface area contributed by atoms with Crippen molar-refractivity contribution in [2.45, 2.75) is 5.54 Å². The molecule has 15 heavy (non-hydrogen) atoms. The summed E-state index contributed by atoms with van der Waals surface area (Å²) in [6.45, 7) is 0. The lowest BCUT2D eigenvalue weighted by molar-refractivity contribution is -0.138. The maximum atomic E-state index is 10.9. The van der Waals surface area contributed by atoms with Gasteiger partial charge in [0, 0.05) is 0 Å². The minimum absolute atomic E-state index is 0.192. The summed E-state index contributed by atoms with van der Waals surface area (Å²) in [5.41, 5.74) is -1.75. The highest BCUT2D eigenvalue weighted by atomic mass is 16.4. The minimum Gasteiger partial charge on any atom is -0.479 e. The molecule has 0 aromatic carbocycles. The molecule has 2 N–H and O–H groups in total. The third-order valence-electron chi connectivity index (χ3n) is 1.89. The third-order valence-corrected chi connectivity index (χ3v) is 1.89. The second-order valence-corrected chi connectivity index (χ2v) is 2.77. The van der Waals surface area contributed by atoms with E-state index in [2.05, 4.69) is 20.0 Å². The molecule has 0 saturated heterocycles. The molecule has 0 radical (unpaired) electrons. The Morgan fingerprint density at radius 1 is 1.33 bits per heavy atom. The monoisotopic (exact) mass is 208 g/mol. The maximum absolute atomic E-state index is 10.9. The van der Waals surface area contributed by atoms with Crippen molar-refractivity contribution in [2.75, 3.05) is 0 Å². The molecule has 0 fully saturated rings. The van der Waals surface area contributed by atoms with E-state index < -0.39 is 23.3 Å². The van der Waals surface area contributed by atoms with Crippen LogP contribution in [0, 0.1) is 0 Å². The first-order chi connectivity index (χ1) is 7.06. The largest absolute Gasteiger partial charge is 0.479 e. The zero-order chi connectivity index (χ0) is 11.1. The van der Waals surface area contributed by atoms with E-state index in [1.54, 1.807) is 0 Å². The van der Waals surface area contributed by atoms with Crippen molar-refractivity contribution in [3.05, 3.63) is 0 Å². The lowest BCUT2D eigenvalue weighted by Gasteiger charge is -2.18. The summed E-state index contributed by atoms with van der Waals surface area (Å²) in [6.07, 6.45) is 1.93. The summed E-state index contributed by atoms with van der Waals surface area (Å²) in [5, 5.41) is 17.5. The van der Waals surface area contributed by atoms with E-state index in [9.17, 15) is 9.59 Å². The molecule has 1 atom stereocenters. The van der Waals surface area contributed by atoms with Crippen LogP contribution in [0.5, 0.6) is 0 Å². The van der Waals surface area contributed by atoms with Gasteiger partial charge in [-0.1, -0.05) is 0 Å². The molecule has 0 aliphatic carbocycles. The Hall–Kier alpha value is -2.38. The highest BCUT2D eigenvalue weighted by Crippen LogP contribution is 2.20. The van der Waals surface area contributed by atoms with Crippen LogP contribution in [-0.2, 0) is 9.59 Å². The van der Waals surface area contributed by atoms with Crippen LogP contribution in [-0.4, -0.2) is 51.9 Å². The summed E-state index contributed by atoms with van der Waals surface area (Å²) < 4.78 is 0. The summed E-state index contributed by atoms with van der Waals surface area (Å²) >= 11 is 0. The first-order valence-corrected chi connectivity index (χ1v) is 3.79. The number of hydrogen-bond acceptors (Lipinski definition) is 6. The molecule has 0 spiro atoms. The fourth-order valence-corrected chi connectivity index (χ4v) is 1.13. The summed E-state index contributed by atoms with van der Waals surface area (Å²) in [4.78, 5) is 35.6. The van der Waals surface area contributed by atoms with Gasteiger partial charge in [0.1, 0.15) is 6.34 Å². The van der Waals surface area contributed by atoms with Crippen molar-refractivity contribution in [3.8, 4) is 0 Å². The smallest absolute Gasteiger partial charge is 0.373 e. The van der Waals surface area contributed by atoms with Gasteiger partial charge >= 0.3 is 11.9 Å². The first kappa shape index (κ1) is 9.19. The fourth-order valence-electron chi connectivity index (χ4n) is 1.13. The Labute approximate surface area is 82.4 Å². The van der Waals surface area contributed by atoms with Gasteiger partial charge in [0.25, 0.3) is 5.54 Å². The normalized spacial score (nSPS) is 26.9. The van der Waals surface area contributed by atoms with Gasteiger partial charge in [0.05, 0.1) is 6.21 Å². The van der Waals surface area contributed by atoms with Gasteiger partial charge in [-0.3, -0.25) is 0 Å². The third kappa shape index (κ3) is 1.15. The van der Waals surface area contributed by atoms with E-state index in [1.807, 2.05) is 0 Å². The maximum Gasteiger partial charge on any atom is 0.373 e. The fraction of sp³-hybridized carbons (Fsp3) is 0.143. The van der Waals surface area contributed by atoms with Crippen LogP contribution < -0.4 is 0 Å². The van der Waals surface area contributed by atoms with Gasteiger partial charge in [-0.2, -0.15) is 0 Å². The molecule has 1 unspecified atom stereocenters. The van der Waals surface area contributed by atoms with Gasteiger partial charge in [-0.05, 0) is 0 Å². The van der Waals surface area contributed by atoms with Gasteiger partial charge in [-0.25, -0.2) is 29.6 Å². The van der Waals surface area contributed by atoms with Crippen LogP contribution in [0.1, 0.15) is 0 Å². The molecule has 8 heteroatoms. The zero-order valence-electron chi connectivity index (χ0n) is 7.15. The van der Waals surface area contributed by atoms with Crippen molar-refractivity contribution in [3.63, 3.8) is 0 Å². The summed E-state index contributed by atoms with van der Waals surface area (Å²) in [6, 6.07) is 0. The Morgan fingerprint density at radius 3 is 2.67 bits per heavy atom. The highest BCUT2D eigenvalue weighted by Gasteiger charge is 2.47. The van der Waals surface area contributed by atoms with E-state index in [0.717, 1.165) is 12.6 Å². The van der Waals surface area contributed by atoms with E-state index in [4.69, 9.17) is 10.2 Å². The zero-order valence-corrected chi connectivity index (χ0v) is 7.15. The van der Waals surface area contributed by atoms with Crippen LogP contribution in [0.3, 0.4) is 0 Å². The Balaban J connectivity index is 2.48.